The zero-order chi connectivity index (χ0) is 48.0. The minimum Gasteiger partial charge on any atom is -0.379 e. The van der Waals surface area contributed by atoms with Crippen LogP contribution in [0.1, 0.15) is 11.1 Å². The zero-order valence-electron chi connectivity index (χ0n) is 38.9. The van der Waals surface area contributed by atoms with Crippen LogP contribution in [-0.4, -0.2) is 128 Å². The fraction of sp³-hybridized carbons (Fsp3) is 0.118. The highest BCUT2D eigenvalue weighted by Gasteiger charge is 2.30. The van der Waals surface area contributed by atoms with Crippen LogP contribution in [0.5, 0.6) is 0 Å². The first-order valence-corrected chi connectivity index (χ1v) is 23.0. The Bertz CT molecular complexity index is 1790. The number of hydrogen-bond donors (Lipinski definition) is 13. The normalized spacial score (nSPS) is 15.8. The van der Waals surface area contributed by atoms with Gasteiger partial charge in [0, 0.05) is 0 Å². The molecule has 34 heteroatoms. The van der Waals surface area contributed by atoms with E-state index in [1.807, 2.05) is 66.7 Å². The first-order chi connectivity index (χ1) is 33.4. The van der Waals surface area contributed by atoms with Gasteiger partial charge in [-0.1, -0.05) is 158 Å². The average molecular weight is 915 g/mol. The van der Waals surface area contributed by atoms with Gasteiger partial charge in [-0.3, -0.25) is 0 Å². The van der Waals surface area contributed by atoms with Crippen molar-refractivity contribution in [3.8, 4) is 11.1 Å². The van der Waals surface area contributed by atoms with Crippen LogP contribution in [0.4, 0.5) is 17.6 Å². The summed E-state index contributed by atoms with van der Waals surface area (Å²) in [6.45, 7) is 1.21. The smallest absolute Gasteiger partial charge is 0.379 e. The molecule has 15 nitrogen and oxygen atoms in total. The van der Waals surface area contributed by atoms with Gasteiger partial charge in [0.2, 0.25) is 0 Å². The summed E-state index contributed by atoms with van der Waals surface area (Å²) in [5.74, 6) is 0. The van der Waals surface area contributed by atoms with Crippen molar-refractivity contribution in [1.82, 2.24) is 76.2 Å². The molecule has 0 amide bonds. The maximum absolute atomic E-state index is 11.8. The molecule has 0 atom stereocenters. The van der Waals surface area contributed by atoms with Gasteiger partial charge in [-0.05, 0) is 29.6 Å². The van der Waals surface area contributed by atoms with Crippen LogP contribution in [-0.2, 0) is 12.9 Å². The molecule has 5 fully saturated rings. The Hall–Kier alpha value is -3.81. The maximum atomic E-state index is 11.8. The van der Waals surface area contributed by atoms with E-state index in [0.29, 0.717) is 6.98 Å². The molecule has 0 unspecified atom stereocenters. The molecule has 0 aliphatic carbocycles. The van der Waals surface area contributed by atoms with Gasteiger partial charge in [0.25, 0.3) is 105 Å². The van der Waals surface area contributed by atoms with E-state index in [0.717, 1.165) is 129 Å². The Morgan fingerprint density at radius 3 is 1.15 bits per heavy atom. The molecule has 342 valence electrons. The minimum atomic E-state index is -4.21. The first-order valence-electron chi connectivity index (χ1n) is 23.0. The van der Waals surface area contributed by atoms with Crippen LogP contribution in [0.2, 0.25) is 6.32 Å². The van der Waals surface area contributed by atoms with Crippen molar-refractivity contribution < 1.29 is 17.6 Å². The van der Waals surface area contributed by atoms with E-state index < -0.39 is 11.7 Å². The summed E-state index contributed by atoms with van der Waals surface area (Å²) >= 11 is 0. The van der Waals surface area contributed by atoms with E-state index in [1.54, 1.807) is 18.2 Å². The fourth-order valence-corrected chi connectivity index (χ4v) is 6.52. The summed E-state index contributed by atoms with van der Waals surface area (Å²) < 4.78 is 51.7. The number of nitrogens with one attached hydrogen (secondary N) is 13. The summed E-state index contributed by atoms with van der Waals surface area (Å²) in [4.78, 5) is 0. The molecule has 5 saturated heterocycles. The fourth-order valence-electron chi connectivity index (χ4n) is 6.52. The molecule has 0 bridgehead atoms. The SMILES string of the molecule is B1NBN(B2NBNBN2)BN1.B1NBN(CCB2NBNBN2)BN1.B1NBNBN1.FC(F)(F)c1ccccc1.FCc1ccccc1.c1ccc(-c2ccccc2)cc1.c1ccccc1. The number of nitrogens with zero attached hydrogens (tertiary/aromatic N) is 2. The van der Waals surface area contributed by atoms with E-state index in [-0.39, 0.29) is 13.8 Å². The molecule has 5 heterocycles. The number of alkyl halides is 4. The number of benzene rings is 5. The Kier molecular flexibility index (Phi) is 31.0. The maximum Gasteiger partial charge on any atom is 0.416 e. The minimum absolute atomic E-state index is 0.284. The van der Waals surface area contributed by atoms with E-state index in [1.165, 1.54) is 23.3 Å². The molecule has 0 spiro atoms. The van der Waals surface area contributed by atoms with E-state index >= 15 is 0 Å². The third-order valence-electron chi connectivity index (χ3n) is 10.1. The Labute approximate surface area is 410 Å². The van der Waals surface area contributed by atoms with Gasteiger partial charge in [0.1, 0.15) is 6.67 Å². The lowest BCUT2D eigenvalue weighted by molar-refractivity contribution is -0.137. The molecule has 5 aliphatic heterocycles. The second-order valence-electron chi connectivity index (χ2n) is 15.4. The molecule has 68 heavy (non-hydrogen) atoms. The number of halogens is 4. The number of rotatable bonds is 6. The van der Waals surface area contributed by atoms with Gasteiger partial charge in [-0.2, -0.15) is 13.2 Å². The zero-order valence-corrected chi connectivity index (χ0v) is 38.9. The molecule has 0 saturated carbocycles. The summed E-state index contributed by atoms with van der Waals surface area (Å²) in [5, 5.41) is 42.0. The predicted molar refractivity (Wildman–Crippen MR) is 300 cm³/mol. The van der Waals surface area contributed by atoms with Crippen molar-refractivity contribution in [2.45, 2.75) is 19.2 Å². The first kappa shape index (κ1) is 56.8. The van der Waals surface area contributed by atoms with Gasteiger partial charge in [0.15, 0.2) is 0 Å². The monoisotopic (exact) mass is 918 g/mol. The highest BCUT2D eigenvalue weighted by atomic mass is 19.4. The van der Waals surface area contributed by atoms with Crippen LogP contribution in [0, 0.1) is 0 Å². The molecular weight excluding hydrogens is 857 g/mol. The highest BCUT2D eigenvalue weighted by Crippen LogP contribution is 2.28. The quantitative estimate of drug-likeness (QED) is 0.0577. The predicted octanol–water partition coefficient (Wildman–Crippen LogP) is -5.86. The molecule has 5 aliphatic rings. The van der Waals surface area contributed by atoms with Gasteiger partial charge in [0.05, 0.1) is 5.56 Å². The Balaban J connectivity index is 0.000000176. The lowest BCUT2D eigenvalue weighted by Gasteiger charge is -2.34. The molecule has 13 N–H and O–H groups in total. The van der Waals surface area contributed by atoms with Crippen LogP contribution in [0.3, 0.4) is 0 Å². The van der Waals surface area contributed by atoms with Gasteiger partial charge < -0.3 is 76.2 Å². The van der Waals surface area contributed by atoms with Crippen molar-refractivity contribution >= 4 is 112 Å². The third-order valence-corrected chi connectivity index (χ3v) is 10.1. The largest absolute Gasteiger partial charge is 0.416 e. The number of hydrogen-bond acceptors (Lipinski definition) is 15. The molecule has 5 aromatic rings. The van der Waals surface area contributed by atoms with Crippen molar-refractivity contribution in [3.05, 3.63) is 169 Å². The lowest BCUT2D eigenvalue weighted by Crippen LogP contribution is -2.76. The second-order valence-corrected chi connectivity index (χ2v) is 15.4. The van der Waals surface area contributed by atoms with Crippen molar-refractivity contribution in [1.29, 1.82) is 0 Å². The van der Waals surface area contributed by atoms with E-state index in [2.05, 4.69) is 125 Å². The summed E-state index contributed by atoms with van der Waals surface area (Å²) in [6.07, 6.45) is -3.06. The van der Waals surface area contributed by atoms with Crippen molar-refractivity contribution in [2.75, 3.05) is 6.54 Å². The summed E-state index contributed by atoms with van der Waals surface area (Å²) in [7, 11) is 12.3. The van der Waals surface area contributed by atoms with Crippen LogP contribution >= 0.6 is 0 Å². The van der Waals surface area contributed by atoms with Crippen LogP contribution < -0.4 is 66.8 Å². The average Bonchev–Trinajstić information content (AvgIpc) is 3.44. The molecule has 0 radical (unpaired) electrons. The van der Waals surface area contributed by atoms with Crippen LogP contribution in [0.15, 0.2) is 158 Å². The molecule has 5 aromatic carbocycles. The van der Waals surface area contributed by atoms with Crippen molar-refractivity contribution in [3.63, 3.8) is 0 Å². The van der Waals surface area contributed by atoms with Crippen LogP contribution in [0.25, 0.3) is 11.1 Å². The summed E-state index contributed by atoms with van der Waals surface area (Å²) in [5.41, 5.74) is 2.69. The van der Waals surface area contributed by atoms with Gasteiger partial charge in [-0.25, -0.2) is 4.39 Å². The Morgan fingerprint density at radius 2 is 0.765 bits per heavy atom. The Morgan fingerprint density at radius 1 is 0.412 bits per heavy atom. The standard InChI is InChI=1S/C12H10.C7H5F3.C7H7F.C6H6.C2H14B6N6.B6H10N6.B3H6N3/c1-3-7-11(8-4-1)12-9-5-2-6-10-12;8-7(9,10)6-4-2-1-3-5-6;8-6-7-4-2-1-3-5-7;1-2-4-6-5-3-1;1(8-12-4-9-5-13-8)2-14-6-10-3-11-7-14;1-8-4-12(5-9-1)6-10-2-7-3-11-6;1-4-2-6-3-5-1/h1-10H;1-5H;1-5H,6H2;1-6H;3-7,9-13H,1-2H2;1-5,7-11H;1-6H. The third kappa shape index (κ3) is 26.8. The summed E-state index contributed by atoms with van der Waals surface area (Å²) in [6, 6.07) is 48.2. The van der Waals surface area contributed by atoms with Gasteiger partial charge in [-0.15, -0.1) is 0 Å². The molecule has 0 aromatic heterocycles. The van der Waals surface area contributed by atoms with Crippen molar-refractivity contribution in [2.24, 2.45) is 0 Å². The highest BCUT2D eigenvalue weighted by molar-refractivity contribution is 6.85. The second kappa shape index (κ2) is 37.1. The lowest BCUT2D eigenvalue weighted by atomic mass is 9.62. The molecule has 10 rings (SSSR count). The van der Waals surface area contributed by atoms with Gasteiger partial charge >= 0.3 is 13.3 Å². The topological polar surface area (TPSA) is 163 Å². The van der Waals surface area contributed by atoms with E-state index in [9.17, 15) is 17.6 Å². The molecular formula is C34H58B15F4N15. The van der Waals surface area contributed by atoms with E-state index in [4.69, 9.17) is 0 Å².